The van der Waals surface area contributed by atoms with E-state index in [0.717, 1.165) is 43.9 Å². The molecule has 8 aromatic carbocycles. The second kappa shape index (κ2) is 15.9. The summed E-state index contributed by atoms with van der Waals surface area (Å²) in [6, 6.07) is 64.0. The van der Waals surface area contributed by atoms with Gasteiger partial charge in [-0.05, 0) is 133 Å². The second-order valence-corrected chi connectivity index (χ2v) is 15.4. The molecule has 0 spiro atoms. The smallest absolute Gasteiger partial charge is 0.266 e. The molecule has 2 aliphatic rings. The van der Waals surface area contributed by atoms with Crippen LogP contribution in [0.1, 0.15) is 41.4 Å². The molecule has 65 heavy (non-hydrogen) atoms. The van der Waals surface area contributed by atoms with E-state index in [4.69, 9.17) is 4.42 Å². The predicted molar refractivity (Wildman–Crippen MR) is 250 cm³/mol. The number of aromatic nitrogens is 2. The quantitative estimate of drug-likeness (QED) is 0.124. The molecule has 0 aliphatic carbocycles. The zero-order valence-electron chi connectivity index (χ0n) is 34.4. The van der Waals surface area contributed by atoms with Crippen LogP contribution >= 0.6 is 0 Å². The number of hydrogen-bond donors (Lipinski definition) is 0. The number of carbonyl (C=O) groups excluding carboxylic acids is 4. The number of imide groups is 2. The van der Waals surface area contributed by atoms with Gasteiger partial charge < -0.3 is 14.2 Å². The van der Waals surface area contributed by atoms with E-state index in [0.29, 0.717) is 22.5 Å². The minimum Gasteiger partial charge on any atom is -0.416 e. The third-order valence-corrected chi connectivity index (χ3v) is 11.5. The van der Waals surface area contributed by atoms with Crippen molar-refractivity contribution in [3.05, 3.63) is 229 Å². The Hall–Kier alpha value is -9.22. The Morgan fingerprint density at radius 1 is 0.323 bits per heavy atom. The van der Waals surface area contributed by atoms with Crippen LogP contribution in [0.4, 0.5) is 45.5 Å². The lowest BCUT2D eigenvalue weighted by Gasteiger charge is -2.26. The number of para-hydroxylation sites is 4. The van der Waals surface area contributed by atoms with Gasteiger partial charge in [0.25, 0.3) is 23.6 Å². The van der Waals surface area contributed by atoms with Crippen LogP contribution in [-0.4, -0.2) is 33.8 Å². The fourth-order valence-corrected chi connectivity index (χ4v) is 8.38. The first-order chi connectivity index (χ1) is 31.9. The highest BCUT2D eigenvalue weighted by Crippen LogP contribution is 2.40. The third kappa shape index (κ3) is 6.80. The summed E-state index contributed by atoms with van der Waals surface area (Å²) in [5, 5.41) is 8.49. The van der Waals surface area contributed by atoms with Gasteiger partial charge in [-0.2, -0.15) is 0 Å². The Bertz CT molecular complexity index is 2990. The molecule has 0 unspecified atom stereocenters. The molecule has 11 heteroatoms. The SMILES string of the molecule is O=C1c2ccc(-c3nnc(-c4ccc5c(c4)C(=O)N(c4ccc(N(c6ccccc6)c6ccccc6)cc4)C5=O)o3)cc2C(=O)N1c1ccc(N(c2ccccc2)c2ccccc2)cc1. The van der Waals surface area contributed by atoms with Crippen LogP contribution in [0.2, 0.25) is 0 Å². The molecule has 0 bridgehead atoms. The molecule has 11 nitrogen and oxygen atoms in total. The van der Waals surface area contributed by atoms with Crippen molar-refractivity contribution in [3.63, 3.8) is 0 Å². The van der Waals surface area contributed by atoms with Gasteiger partial charge in [-0.1, -0.05) is 72.8 Å². The van der Waals surface area contributed by atoms with Crippen molar-refractivity contribution in [1.29, 1.82) is 0 Å². The van der Waals surface area contributed by atoms with E-state index in [-0.39, 0.29) is 34.0 Å². The summed E-state index contributed by atoms with van der Waals surface area (Å²) in [7, 11) is 0. The van der Waals surface area contributed by atoms with Crippen molar-refractivity contribution in [2.45, 2.75) is 0 Å². The monoisotopic (exact) mass is 846 g/mol. The first-order valence-corrected chi connectivity index (χ1v) is 20.8. The van der Waals surface area contributed by atoms with Crippen LogP contribution in [0.3, 0.4) is 0 Å². The lowest BCUT2D eigenvalue weighted by molar-refractivity contribution is 0.0910. The molecule has 9 aromatic rings. The summed E-state index contributed by atoms with van der Waals surface area (Å²) >= 11 is 0. The van der Waals surface area contributed by atoms with Gasteiger partial charge in [0.1, 0.15) is 0 Å². The van der Waals surface area contributed by atoms with Gasteiger partial charge in [0, 0.05) is 45.3 Å². The number of rotatable bonds is 10. The van der Waals surface area contributed by atoms with Crippen LogP contribution in [0.15, 0.2) is 211 Å². The van der Waals surface area contributed by atoms with E-state index in [9.17, 15) is 19.2 Å². The Morgan fingerprint density at radius 2 is 0.615 bits per heavy atom. The van der Waals surface area contributed by atoms with Gasteiger partial charge in [0.2, 0.25) is 11.8 Å². The highest BCUT2D eigenvalue weighted by molar-refractivity contribution is 6.35. The number of amides is 4. The Labute approximate surface area is 372 Å². The topological polar surface area (TPSA) is 120 Å². The van der Waals surface area contributed by atoms with Crippen molar-refractivity contribution in [2.24, 2.45) is 0 Å². The van der Waals surface area contributed by atoms with Crippen molar-refractivity contribution in [2.75, 3.05) is 19.6 Å². The van der Waals surface area contributed by atoms with Crippen molar-refractivity contribution in [1.82, 2.24) is 10.2 Å². The summed E-state index contributed by atoms with van der Waals surface area (Å²) < 4.78 is 6.09. The highest BCUT2D eigenvalue weighted by atomic mass is 16.4. The molecule has 0 saturated carbocycles. The molecule has 3 heterocycles. The van der Waals surface area contributed by atoms with Crippen molar-refractivity contribution < 1.29 is 23.6 Å². The predicted octanol–water partition coefficient (Wildman–Crippen LogP) is 11.9. The van der Waals surface area contributed by atoms with E-state index in [1.165, 1.54) is 0 Å². The standard InChI is InChI=1S/C54H34N6O5/c61-51-45-31-21-35(33-47(45)53(63)59(51)43-27-23-41(24-28-43)57(37-13-5-1-6-14-37)38-15-7-2-8-16-38)49-55-56-50(65-49)36-22-32-46-48(34-36)54(64)60(52(46)62)44-29-25-42(26-30-44)58(39-17-9-3-10-18-39)40-19-11-4-12-20-40/h1-34H. The van der Waals surface area contributed by atoms with Crippen LogP contribution in [0, 0.1) is 0 Å². The normalized spacial score (nSPS) is 13.0. The number of fused-ring (bicyclic) bond motifs is 2. The molecular formula is C54H34N6O5. The molecule has 2 aliphatic heterocycles. The Kier molecular flexibility index (Phi) is 9.47. The summed E-state index contributed by atoms with van der Waals surface area (Å²) in [6.07, 6.45) is 0. The molecular weight excluding hydrogens is 813 g/mol. The fourth-order valence-electron chi connectivity index (χ4n) is 8.38. The van der Waals surface area contributed by atoms with Crippen molar-refractivity contribution >= 4 is 69.1 Å². The Balaban J connectivity index is 0.819. The summed E-state index contributed by atoms with van der Waals surface area (Å²) in [5.41, 5.74) is 8.20. The molecule has 11 rings (SSSR count). The molecule has 4 amide bonds. The lowest BCUT2D eigenvalue weighted by atomic mass is 10.1. The van der Waals surface area contributed by atoms with E-state index < -0.39 is 23.6 Å². The van der Waals surface area contributed by atoms with Gasteiger partial charge in [0.15, 0.2) is 0 Å². The zero-order valence-corrected chi connectivity index (χ0v) is 34.4. The van der Waals surface area contributed by atoms with E-state index in [1.54, 1.807) is 60.7 Å². The first-order valence-electron chi connectivity index (χ1n) is 20.8. The number of nitrogens with zero attached hydrogens (tertiary/aromatic N) is 6. The van der Waals surface area contributed by atoms with Gasteiger partial charge in [-0.3, -0.25) is 19.2 Å². The average Bonchev–Trinajstić information content (AvgIpc) is 4.03. The minimum atomic E-state index is -0.479. The first kappa shape index (κ1) is 38.7. The molecule has 0 fully saturated rings. The number of carbonyl (C=O) groups is 4. The van der Waals surface area contributed by atoms with Crippen LogP contribution in [0.25, 0.3) is 22.9 Å². The highest BCUT2D eigenvalue weighted by Gasteiger charge is 2.39. The van der Waals surface area contributed by atoms with Gasteiger partial charge in [-0.15, -0.1) is 10.2 Å². The average molecular weight is 847 g/mol. The van der Waals surface area contributed by atoms with Gasteiger partial charge in [-0.25, -0.2) is 9.80 Å². The fraction of sp³-hybridized carbons (Fsp3) is 0. The molecule has 0 radical (unpaired) electrons. The van der Waals surface area contributed by atoms with Gasteiger partial charge >= 0.3 is 0 Å². The van der Waals surface area contributed by atoms with Crippen molar-refractivity contribution in [3.8, 4) is 22.9 Å². The largest absolute Gasteiger partial charge is 0.416 e. The second-order valence-electron chi connectivity index (χ2n) is 15.4. The maximum atomic E-state index is 13.9. The van der Waals surface area contributed by atoms with Crippen LogP contribution < -0.4 is 19.6 Å². The summed E-state index contributed by atoms with van der Waals surface area (Å²) in [4.78, 5) is 61.7. The number of hydrogen-bond acceptors (Lipinski definition) is 9. The summed E-state index contributed by atoms with van der Waals surface area (Å²) in [6.45, 7) is 0. The lowest BCUT2D eigenvalue weighted by Crippen LogP contribution is -2.29. The number of anilines is 8. The van der Waals surface area contributed by atoms with E-state index in [1.807, 2.05) is 146 Å². The summed E-state index contributed by atoms with van der Waals surface area (Å²) in [5.74, 6) is -1.62. The third-order valence-electron chi connectivity index (χ3n) is 11.5. The maximum absolute atomic E-state index is 13.9. The molecule has 0 N–H and O–H groups in total. The van der Waals surface area contributed by atoms with Crippen LogP contribution in [-0.2, 0) is 0 Å². The molecule has 0 saturated heterocycles. The van der Waals surface area contributed by atoms with Gasteiger partial charge in [0.05, 0.1) is 33.6 Å². The minimum absolute atomic E-state index is 0.109. The van der Waals surface area contributed by atoms with Crippen LogP contribution in [0.5, 0.6) is 0 Å². The molecule has 1 aromatic heterocycles. The zero-order chi connectivity index (χ0) is 44.0. The van der Waals surface area contributed by atoms with E-state index >= 15 is 0 Å². The Morgan fingerprint density at radius 3 is 0.938 bits per heavy atom. The molecule has 0 atom stereocenters. The number of benzene rings is 8. The molecule has 310 valence electrons. The van der Waals surface area contributed by atoms with E-state index in [2.05, 4.69) is 20.0 Å². The maximum Gasteiger partial charge on any atom is 0.266 e.